The first-order chi connectivity index (χ1) is 7.81. The maximum Gasteiger partial charge on any atom is 0.352 e. The summed E-state index contributed by atoms with van der Waals surface area (Å²) in [5.41, 5.74) is 0.981. The van der Waals surface area contributed by atoms with Gasteiger partial charge in [0, 0.05) is 18.3 Å². The van der Waals surface area contributed by atoms with Gasteiger partial charge in [0.25, 0.3) is 0 Å². The lowest BCUT2D eigenvalue weighted by atomic mass is 10.1. The van der Waals surface area contributed by atoms with Crippen LogP contribution in [-0.2, 0) is 6.54 Å². The molecule has 1 aromatic rings. The van der Waals surface area contributed by atoms with Gasteiger partial charge in [0.2, 0.25) is 0 Å². The zero-order chi connectivity index (χ0) is 12.8. The predicted molar refractivity (Wildman–Crippen MR) is 63.3 cm³/mol. The Kier molecular flexibility index (Phi) is 2.60. The number of aromatic nitrogens is 1. The van der Waals surface area contributed by atoms with Crippen LogP contribution < -0.4 is 0 Å². The molecule has 1 atom stereocenters. The summed E-state index contributed by atoms with van der Waals surface area (Å²) < 4.78 is 1.69. The van der Waals surface area contributed by atoms with Gasteiger partial charge < -0.3 is 9.67 Å². The van der Waals surface area contributed by atoms with Crippen molar-refractivity contribution >= 4 is 11.8 Å². The van der Waals surface area contributed by atoms with E-state index in [1.807, 2.05) is 0 Å². The van der Waals surface area contributed by atoms with E-state index in [1.54, 1.807) is 10.8 Å². The van der Waals surface area contributed by atoms with Gasteiger partial charge in [0.15, 0.2) is 5.78 Å². The van der Waals surface area contributed by atoms with E-state index in [1.165, 1.54) is 13.0 Å². The fourth-order valence-electron chi connectivity index (χ4n) is 2.16. The highest BCUT2D eigenvalue weighted by atomic mass is 16.4. The van der Waals surface area contributed by atoms with Crippen LogP contribution in [0.5, 0.6) is 0 Å². The molecule has 17 heavy (non-hydrogen) atoms. The molecular formula is C13H17NO3. The van der Waals surface area contributed by atoms with E-state index in [0.717, 1.165) is 6.42 Å². The number of rotatable bonds is 4. The number of carbonyl (C=O) groups excluding carboxylic acids is 1. The number of hydrogen-bond donors (Lipinski definition) is 1. The summed E-state index contributed by atoms with van der Waals surface area (Å²) in [4.78, 5) is 22.3. The first kappa shape index (κ1) is 11.9. The van der Waals surface area contributed by atoms with E-state index in [-0.39, 0.29) is 11.5 Å². The van der Waals surface area contributed by atoms with E-state index < -0.39 is 5.97 Å². The summed E-state index contributed by atoms with van der Waals surface area (Å²) in [5.74, 6) is -0.565. The Balaban J connectivity index is 2.26. The third kappa shape index (κ3) is 2.25. The number of carboxylic acid groups (broad SMARTS) is 1. The first-order valence-electron chi connectivity index (χ1n) is 5.75. The van der Waals surface area contributed by atoms with Crippen LogP contribution in [0.4, 0.5) is 0 Å². The second kappa shape index (κ2) is 3.72. The predicted octanol–water partition coefficient (Wildman–Crippen LogP) is 2.44. The maximum absolute atomic E-state index is 11.3. The zero-order valence-corrected chi connectivity index (χ0v) is 10.4. The van der Waals surface area contributed by atoms with Crippen LogP contribution in [0.3, 0.4) is 0 Å². The molecule has 4 nitrogen and oxygen atoms in total. The molecule has 1 unspecified atom stereocenters. The van der Waals surface area contributed by atoms with Gasteiger partial charge in [0.1, 0.15) is 5.69 Å². The lowest BCUT2D eigenvalue weighted by Crippen LogP contribution is -2.10. The van der Waals surface area contributed by atoms with Crippen molar-refractivity contribution in [1.82, 2.24) is 4.57 Å². The average Bonchev–Trinajstić information content (AvgIpc) is 2.62. The van der Waals surface area contributed by atoms with Crippen molar-refractivity contribution in [2.75, 3.05) is 0 Å². The minimum absolute atomic E-state index is 0.0960. The van der Waals surface area contributed by atoms with Crippen LogP contribution in [0.1, 0.15) is 48.0 Å². The Morgan fingerprint density at radius 2 is 2.12 bits per heavy atom. The van der Waals surface area contributed by atoms with Gasteiger partial charge >= 0.3 is 5.97 Å². The molecule has 1 aromatic heterocycles. The molecule has 0 bridgehead atoms. The van der Waals surface area contributed by atoms with Gasteiger partial charge in [-0.2, -0.15) is 0 Å². The molecule has 4 heteroatoms. The molecule has 1 heterocycles. The number of hydrogen-bond acceptors (Lipinski definition) is 2. The van der Waals surface area contributed by atoms with E-state index in [0.29, 0.717) is 23.4 Å². The molecule has 1 N–H and O–H groups in total. The summed E-state index contributed by atoms with van der Waals surface area (Å²) >= 11 is 0. The molecule has 1 aliphatic carbocycles. The fraction of sp³-hybridized carbons (Fsp3) is 0.538. The summed E-state index contributed by atoms with van der Waals surface area (Å²) in [6.07, 6.45) is 2.76. The molecule has 1 saturated carbocycles. The molecule has 1 aliphatic rings. The average molecular weight is 235 g/mol. The van der Waals surface area contributed by atoms with Crippen LogP contribution in [0.15, 0.2) is 12.3 Å². The molecular weight excluding hydrogens is 218 g/mol. The van der Waals surface area contributed by atoms with Crippen LogP contribution in [0, 0.1) is 11.3 Å². The van der Waals surface area contributed by atoms with E-state index >= 15 is 0 Å². The highest BCUT2D eigenvalue weighted by molar-refractivity contribution is 5.97. The van der Waals surface area contributed by atoms with E-state index in [9.17, 15) is 9.59 Å². The molecule has 0 saturated heterocycles. The molecule has 92 valence electrons. The van der Waals surface area contributed by atoms with E-state index in [4.69, 9.17) is 5.11 Å². The van der Waals surface area contributed by atoms with Gasteiger partial charge in [-0.3, -0.25) is 4.79 Å². The second-order valence-electron chi connectivity index (χ2n) is 5.52. The summed E-state index contributed by atoms with van der Waals surface area (Å²) in [6.45, 7) is 6.48. The molecule has 0 aliphatic heterocycles. The first-order valence-corrected chi connectivity index (χ1v) is 5.75. The molecule has 0 spiro atoms. The van der Waals surface area contributed by atoms with Crippen molar-refractivity contribution < 1.29 is 14.7 Å². The monoisotopic (exact) mass is 235 g/mol. The smallest absolute Gasteiger partial charge is 0.352 e. The SMILES string of the molecule is CC(=O)c1cc(C(=O)O)n(CC2CC2(C)C)c1. The number of carboxylic acids is 1. The number of aromatic carboxylic acids is 1. The molecule has 1 fully saturated rings. The Morgan fingerprint density at radius 3 is 2.53 bits per heavy atom. The van der Waals surface area contributed by atoms with Crippen LogP contribution >= 0.6 is 0 Å². The third-order valence-electron chi connectivity index (χ3n) is 3.66. The normalized spacial score (nSPS) is 21.2. The molecule has 2 rings (SSSR count). The lowest BCUT2D eigenvalue weighted by Gasteiger charge is -2.07. The topological polar surface area (TPSA) is 59.3 Å². The zero-order valence-electron chi connectivity index (χ0n) is 10.4. The van der Waals surface area contributed by atoms with Gasteiger partial charge in [0.05, 0.1) is 0 Å². The Morgan fingerprint density at radius 1 is 1.53 bits per heavy atom. The Labute approximate surface area is 100 Å². The summed E-state index contributed by atoms with van der Waals surface area (Å²) in [7, 11) is 0. The summed E-state index contributed by atoms with van der Waals surface area (Å²) in [6, 6.07) is 1.46. The number of carbonyl (C=O) groups is 2. The minimum atomic E-state index is -0.976. The third-order valence-corrected chi connectivity index (χ3v) is 3.66. The lowest BCUT2D eigenvalue weighted by molar-refractivity contribution is 0.0684. The van der Waals surface area contributed by atoms with Crippen molar-refractivity contribution in [2.24, 2.45) is 11.3 Å². The van der Waals surface area contributed by atoms with Crippen molar-refractivity contribution in [3.05, 3.63) is 23.5 Å². The Hall–Kier alpha value is -1.58. The maximum atomic E-state index is 11.3. The van der Waals surface area contributed by atoms with Gasteiger partial charge in [-0.15, -0.1) is 0 Å². The largest absolute Gasteiger partial charge is 0.477 e. The van der Waals surface area contributed by atoms with Crippen molar-refractivity contribution in [3.8, 4) is 0 Å². The number of Topliss-reactive ketones (excluding diaryl/α,β-unsaturated/α-hetero) is 1. The van der Waals surface area contributed by atoms with Gasteiger partial charge in [-0.25, -0.2) is 4.79 Å². The quantitative estimate of drug-likeness (QED) is 0.815. The van der Waals surface area contributed by atoms with E-state index in [2.05, 4.69) is 13.8 Å². The fourth-order valence-corrected chi connectivity index (χ4v) is 2.16. The van der Waals surface area contributed by atoms with Crippen molar-refractivity contribution in [2.45, 2.75) is 33.7 Å². The second-order valence-corrected chi connectivity index (χ2v) is 5.52. The van der Waals surface area contributed by atoms with Gasteiger partial charge in [-0.05, 0) is 30.7 Å². The number of ketones is 1. The van der Waals surface area contributed by atoms with Gasteiger partial charge in [-0.1, -0.05) is 13.8 Å². The standard InChI is InChI=1S/C13H17NO3/c1-8(15)9-4-11(12(16)17)14(6-9)7-10-5-13(10,2)3/h4,6,10H,5,7H2,1-3H3,(H,16,17). The molecule has 0 aromatic carbocycles. The van der Waals surface area contributed by atoms with Crippen LogP contribution in [-0.4, -0.2) is 21.4 Å². The Bertz CT molecular complexity index is 485. The summed E-state index contributed by atoms with van der Waals surface area (Å²) in [5, 5.41) is 9.09. The van der Waals surface area contributed by atoms with Crippen molar-refractivity contribution in [3.63, 3.8) is 0 Å². The highest BCUT2D eigenvalue weighted by Crippen LogP contribution is 2.52. The highest BCUT2D eigenvalue weighted by Gasteiger charge is 2.45. The number of nitrogens with zero attached hydrogens (tertiary/aromatic N) is 1. The molecule has 0 radical (unpaired) electrons. The van der Waals surface area contributed by atoms with Crippen LogP contribution in [0.25, 0.3) is 0 Å². The van der Waals surface area contributed by atoms with Crippen molar-refractivity contribution in [1.29, 1.82) is 0 Å². The minimum Gasteiger partial charge on any atom is -0.477 e. The van der Waals surface area contributed by atoms with Crippen LogP contribution in [0.2, 0.25) is 0 Å². The molecule has 0 amide bonds.